The summed E-state index contributed by atoms with van der Waals surface area (Å²) >= 11 is 0. The van der Waals surface area contributed by atoms with Crippen molar-refractivity contribution in [1.82, 2.24) is 4.90 Å². The van der Waals surface area contributed by atoms with Gasteiger partial charge in [0.25, 0.3) is 5.91 Å². The van der Waals surface area contributed by atoms with Gasteiger partial charge >= 0.3 is 0 Å². The monoisotopic (exact) mass is 650 g/mol. The van der Waals surface area contributed by atoms with E-state index < -0.39 is 46.7 Å². The van der Waals surface area contributed by atoms with Gasteiger partial charge in [0.15, 0.2) is 5.66 Å². The van der Waals surface area contributed by atoms with Crippen LogP contribution in [0.15, 0.2) is 84.9 Å². The summed E-state index contributed by atoms with van der Waals surface area (Å²) < 4.78 is 0. The molecule has 0 N–H and O–H groups in total. The minimum Gasteiger partial charge on any atom is -0.332 e. The average molecular weight is 651 g/mol. The Morgan fingerprint density at radius 2 is 1.18 bits per heavy atom. The Morgan fingerprint density at radius 1 is 0.612 bits per heavy atom. The fourth-order valence-corrected chi connectivity index (χ4v) is 9.86. The molecule has 5 aliphatic heterocycles. The van der Waals surface area contributed by atoms with Crippen LogP contribution in [0, 0.1) is 45.4 Å². The molecule has 2 bridgehead atoms. The van der Waals surface area contributed by atoms with Crippen LogP contribution in [0.5, 0.6) is 0 Å². The number of rotatable bonds is 3. The van der Waals surface area contributed by atoms with Crippen molar-refractivity contribution < 1.29 is 24.0 Å². The Morgan fingerprint density at radius 3 is 1.86 bits per heavy atom. The van der Waals surface area contributed by atoms with Crippen molar-refractivity contribution in [2.24, 2.45) is 17.8 Å². The number of hydrogen-bond donors (Lipinski definition) is 0. The number of aryl methyl sites for hydroxylation is 4. The highest BCUT2D eigenvalue weighted by atomic mass is 16.2. The summed E-state index contributed by atoms with van der Waals surface area (Å²) in [7, 11) is 1.68. The Kier molecular flexibility index (Phi) is 5.75. The lowest BCUT2D eigenvalue weighted by atomic mass is 9.62. The Balaban J connectivity index is 1.37. The van der Waals surface area contributed by atoms with Crippen LogP contribution in [0.2, 0.25) is 0 Å². The van der Waals surface area contributed by atoms with Crippen molar-refractivity contribution in [2.75, 3.05) is 21.7 Å². The van der Waals surface area contributed by atoms with Crippen molar-refractivity contribution in [1.29, 1.82) is 0 Å². The SMILES string of the molecule is Cc1ccc(C)c(N2C(=O)C3C(C2=O)C24c5ccccc5C3([C@H]3CC(=O)N(c5cc(C)ccc5C)C3=O)N2c2ccccc2C(=O)N4C)c1. The Hall–Kier alpha value is -5.57. The van der Waals surface area contributed by atoms with E-state index in [-0.39, 0.29) is 18.2 Å². The predicted octanol–water partition coefficient (Wildman–Crippen LogP) is 5.27. The summed E-state index contributed by atoms with van der Waals surface area (Å²) in [4.78, 5) is 80.2. The molecule has 0 saturated carbocycles. The van der Waals surface area contributed by atoms with Crippen molar-refractivity contribution in [2.45, 2.75) is 45.3 Å². The molecule has 3 saturated heterocycles. The first kappa shape index (κ1) is 29.6. The number of carbonyl (C=O) groups excluding carboxylic acids is 5. The highest BCUT2D eigenvalue weighted by Crippen LogP contribution is 2.74. The van der Waals surface area contributed by atoms with E-state index >= 15 is 14.4 Å². The summed E-state index contributed by atoms with van der Waals surface area (Å²) in [5.74, 6) is -5.09. The fraction of sp³-hybridized carbons (Fsp3) is 0.275. The predicted molar refractivity (Wildman–Crippen MR) is 183 cm³/mol. The molecule has 0 spiro atoms. The lowest BCUT2D eigenvalue weighted by molar-refractivity contribution is -0.127. The number of imide groups is 2. The van der Waals surface area contributed by atoms with Crippen LogP contribution >= 0.6 is 0 Å². The molecule has 0 aromatic heterocycles. The van der Waals surface area contributed by atoms with Crippen molar-refractivity contribution >= 4 is 46.6 Å². The molecule has 0 radical (unpaired) electrons. The summed E-state index contributed by atoms with van der Waals surface area (Å²) in [6.07, 6.45) is -0.166. The highest BCUT2D eigenvalue weighted by molar-refractivity contribution is 6.27. The number of benzene rings is 4. The quantitative estimate of drug-likeness (QED) is 0.280. The largest absolute Gasteiger partial charge is 0.332 e. The van der Waals surface area contributed by atoms with Gasteiger partial charge < -0.3 is 9.80 Å². The number of fused-ring (bicyclic) bond motifs is 5. The Labute approximate surface area is 283 Å². The standard InChI is InChI=1S/C40H34N4O5/c1-21-14-16-23(3)30(18-21)42-32(45)20-28(36(42)47)39-26-11-7-8-12-27(26)40(41(5)35(46)25-10-6-9-13-29(25)44(39)40)34-33(39)37(48)43(38(34)49)31-19-22(2)15-17-24(31)4/h6-19,28,33-34H,20H2,1-5H3/t28-,33?,34?,39?,40?/m0/s1. The zero-order valence-electron chi connectivity index (χ0n) is 27.9. The molecule has 9 nitrogen and oxygen atoms in total. The van der Waals surface area contributed by atoms with Crippen LogP contribution in [0.3, 0.4) is 0 Å². The van der Waals surface area contributed by atoms with E-state index in [2.05, 4.69) is 0 Å². The summed E-state index contributed by atoms with van der Waals surface area (Å²) in [5, 5.41) is 0. The van der Waals surface area contributed by atoms with Gasteiger partial charge in [0.2, 0.25) is 23.6 Å². The molecule has 5 atom stereocenters. The van der Waals surface area contributed by atoms with Crippen LogP contribution in [-0.2, 0) is 30.4 Å². The van der Waals surface area contributed by atoms with Gasteiger partial charge in [-0.25, -0.2) is 9.80 Å². The third-order valence-corrected chi connectivity index (χ3v) is 11.8. The van der Waals surface area contributed by atoms with Gasteiger partial charge in [-0.1, -0.05) is 60.7 Å². The zero-order chi connectivity index (χ0) is 34.3. The van der Waals surface area contributed by atoms with Gasteiger partial charge in [-0.05, 0) is 79.8 Å². The minimum atomic E-state index is -1.47. The van der Waals surface area contributed by atoms with Gasteiger partial charge in [-0.3, -0.25) is 24.0 Å². The van der Waals surface area contributed by atoms with Crippen LogP contribution in [0.25, 0.3) is 0 Å². The molecule has 49 heavy (non-hydrogen) atoms. The van der Waals surface area contributed by atoms with Gasteiger partial charge in [-0.15, -0.1) is 0 Å². The second-order valence-electron chi connectivity index (χ2n) is 14.2. The molecule has 5 amide bonds. The van der Waals surface area contributed by atoms with E-state index in [0.717, 1.165) is 22.3 Å². The van der Waals surface area contributed by atoms with Crippen molar-refractivity contribution in [3.05, 3.63) is 124 Å². The second kappa shape index (κ2) is 9.53. The van der Waals surface area contributed by atoms with Crippen LogP contribution in [0.1, 0.15) is 50.2 Å². The molecule has 5 aliphatic rings. The number of amides is 5. The lowest BCUT2D eigenvalue weighted by Crippen LogP contribution is -2.64. The third kappa shape index (κ3) is 3.23. The van der Waals surface area contributed by atoms with Crippen molar-refractivity contribution in [3.63, 3.8) is 0 Å². The minimum absolute atomic E-state index is 0.166. The molecule has 4 aromatic carbocycles. The maximum atomic E-state index is 15.3. The summed E-state index contributed by atoms with van der Waals surface area (Å²) in [5.41, 5.74) is 3.75. The van der Waals surface area contributed by atoms with E-state index in [1.54, 1.807) is 24.1 Å². The van der Waals surface area contributed by atoms with E-state index in [0.29, 0.717) is 33.8 Å². The number of nitrogens with zero attached hydrogens (tertiary/aromatic N) is 4. The third-order valence-electron chi connectivity index (χ3n) is 11.8. The van der Waals surface area contributed by atoms with E-state index in [1.165, 1.54) is 9.80 Å². The summed E-state index contributed by atoms with van der Waals surface area (Å²) in [6, 6.07) is 26.0. The fourth-order valence-electron chi connectivity index (χ4n) is 9.86. The zero-order valence-corrected chi connectivity index (χ0v) is 27.9. The summed E-state index contributed by atoms with van der Waals surface area (Å²) in [6.45, 7) is 7.55. The first-order chi connectivity index (χ1) is 23.5. The molecular weight excluding hydrogens is 616 g/mol. The molecule has 3 fully saturated rings. The molecule has 9 heteroatoms. The number of hydrogen-bond acceptors (Lipinski definition) is 6. The lowest BCUT2D eigenvalue weighted by Gasteiger charge is -2.52. The topological polar surface area (TPSA) is 98.3 Å². The highest BCUT2D eigenvalue weighted by Gasteiger charge is 2.85. The van der Waals surface area contributed by atoms with E-state index in [9.17, 15) is 9.59 Å². The van der Waals surface area contributed by atoms with Gasteiger partial charge in [0, 0.05) is 19.0 Å². The van der Waals surface area contributed by atoms with Crippen LogP contribution in [0.4, 0.5) is 17.1 Å². The number of para-hydroxylation sites is 1. The van der Waals surface area contributed by atoms with Crippen LogP contribution in [-0.4, -0.2) is 41.5 Å². The number of anilines is 3. The molecule has 9 rings (SSSR count). The molecule has 4 aromatic rings. The van der Waals surface area contributed by atoms with Gasteiger partial charge in [0.05, 0.1) is 45.9 Å². The smallest absolute Gasteiger partial charge is 0.257 e. The maximum absolute atomic E-state index is 15.3. The molecule has 5 heterocycles. The van der Waals surface area contributed by atoms with E-state index in [1.807, 2.05) is 105 Å². The molecular formula is C40H34N4O5. The average Bonchev–Trinajstić information content (AvgIpc) is 3.74. The maximum Gasteiger partial charge on any atom is 0.257 e. The van der Waals surface area contributed by atoms with Gasteiger partial charge in [0.1, 0.15) is 0 Å². The normalized spacial score (nSPS) is 28.0. The molecule has 4 unspecified atom stereocenters. The second-order valence-corrected chi connectivity index (χ2v) is 14.2. The molecule has 0 aliphatic carbocycles. The first-order valence-corrected chi connectivity index (χ1v) is 16.6. The first-order valence-electron chi connectivity index (χ1n) is 16.6. The number of carbonyl (C=O) groups is 5. The molecule has 244 valence electrons. The Bertz CT molecular complexity index is 2250. The van der Waals surface area contributed by atoms with Crippen molar-refractivity contribution in [3.8, 4) is 0 Å². The van der Waals surface area contributed by atoms with E-state index in [4.69, 9.17) is 0 Å². The van der Waals surface area contributed by atoms with Gasteiger partial charge in [-0.2, -0.15) is 0 Å². The van der Waals surface area contributed by atoms with Crippen LogP contribution < -0.4 is 14.7 Å².